The third-order valence-corrected chi connectivity index (χ3v) is 6.82. The highest BCUT2D eigenvalue weighted by Crippen LogP contribution is 2.27. The molecule has 10 nitrogen and oxygen atoms in total. The van der Waals surface area contributed by atoms with E-state index in [0.29, 0.717) is 24.0 Å². The quantitative estimate of drug-likeness (QED) is 0.278. The van der Waals surface area contributed by atoms with E-state index in [1.165, 1.54) is 42.3 Å². The first kappa shape index (κ1) is 28.9. The zero-order valence-electron chi connectivity index (χ0n) is 23.6. The number of hydrogen-bond donors (Lipinski definition) is 2. The molecule has 1 aliphatic rings. The molecular weight excluding hydrogens is 513 g/mol. The van der Waals surface area contributed by atoms with Crippen LogP contribution in [0.1, 0.15) is 41.8 Å². The number of methoxy groups -OCH3 is 2. The Bertz CT molecular complexity index is 1430. The monoisotopic (exact) mass is 549 g/mol. The Morgan fingerprint density at radius 3 is 2.67 bits per heavy atom. The molecule has 3 N–H and O–H groups in total. The average molecular weight is 550 g/mol. The zero-order chi connectivity index (χ0) is 28.8. The SMILES string of the molecule is COCC(N)=C(C=NCc1ccc2c(c1)CN(C(C)C)C2)C(=O)NCc1c(-n2cc(C)nn2)ccc(OC)c1F. The number of aromatic nitrogens is 3. The number of nitrogens with one attached hydrogen (secondary N) is 1. The lowest BCUT2D eigenvalue weighted by Gasteiger charge is -2.18. The molecular formula is C29H36FN7O3. The maximum atomic E-state index is 15.3. The maximum Gasteiger partial charge on any atom is 0.254 e. The van der Waals surface area contributed by atoms with Crippen LogP contribution in [-0.4, -0.2) is 58.9 Å². The van der Waals surface area contributed by atoms with Crippen LogP contribution < -0.4 is 15.8 Å². The number of amides is 1. The van der Waals surface area contributed by atoms with Crippen LogP contribution in [0, 0.1) is 12.7 Å². The predicted molar refractivity (Wildman–Crippen MR) is 151 cm³/mol. The van der Waals surface area contributed by atoms with Crippen molar-refractivity contribution < 1.29 is 18.7 Å². The van der Waals surface area contributed by atoms with Crippen LogP contribution >= 0.6 is 0 Å². The molecule has 2 aromatic carbocycles. The first-order valence-corrected chi connectivity index (χ1v) is 13.1. The van der Waals surface area contributed by atoms with Crippen LogP contribution in [-0.2, 0) is 35.7 Å². The number of carbonyl (C=O) groups is 1. The van der Waals surface area contributed by atoms with Crippen molar-refractivity contribution in [3.63, 3.8) is 0 Å². The predicted octanol–water partition coefficient (Wildman–Crippen LogP) is 3.19. The number of nitrogens with zero attached hydrogens (tertiary/aromatic N) is 5. The lowest BCUT2D eigenvalue weighted by Crippen LogP contribution is -2.29. The van der Waals surface area contributed by atoms with Gasteiger partial charge >= 0.3 is 0 Å². The minimum atomic E-state index is -0.606. The van der Waals surface area contributed by atoms with Crippen molar-refractivity contribution in [1.29, 1.82) is 0 Å². The summed E-state index contributed by atoms with van der Waals surface area (Å²) in [6, 6.07) is 10.00. The summed E-state index contributed by atoms with van der Waals surface area (Å²) >= 11 is 0. The standard InChI is InChI=1S/C29H36FN7O3/c1-18(2)36-15-21-7-6-20(10-22(21)16-36)11-32-12-23(25(31)17-39-4)29(38)33-13-24-26(37-14-19(3)34-35-37)8-9-27(40-5)28(24)30/h6-10,12,14,18H,11,13,15-17,31H2,1-5H3,(H,33,38). The Kier molecular flexibility index (Phi) is 9.28. The van der Waals surface area contributed by atoms with Crippen LogP contribution in [0.25, 0.3) is 5.69 Å². The number of aliphatic imine (C=N–C) groups is 1. The summed E-state index contributed by atoms with van der Waals surface area (Å²) in [7, 11) is 2.87. The molecule has 0 aliphatic carbocycles. The molecule has 212 valence electrons. The molecule has 0 saturated heterocycles. The van der Waals surface area contributed by atoms with Gasteiger partial charge in [0.1, 0.15) is 0 Å². The molecule has 0 spiro atoms. The molecule has 4 rings (SSSR count). The number of aryl methyl sites for hydroxylation is 1. The van der Waals surface area contributed by atoms with Gasteiger partial charge in [0.15, 0.2) is 11.6 Å². The lowest BCUT2D eigenvalue weighted by atomic mass is 10.1. The largest absolute Gasteiger partial charge is 0.494 e. The number of benzene rings is 2. The van der Waals surface area contributed by atoms with Gasteiger partial charge in [-0.3, -0.25) is 14.7 Å². The third-order valence-electron chi connectivity index (χ3n) is 6.82. The molecule has 1 aromatic heterocycles. The minimum absolute atomic E-state index is 0.0374. The Labute approximate surface area is 233 Å². The van der Waals surface area contributed by atoms with Gasteiger partial charge in [-0.05, 0) is 49.6 Å². The second kappa shape index (κ2) is 12.8. The van der Waals surface area contributed by atoms with Crippen molar-refractivity contribution in [2.24, 2.45) is 10.7 Å². The summed E-state index contributed by atoms with van der Waals surface area (Å²) in [5.74, 6) is -1.07. The molecule has 3 aromatic rings. The Hall–Kier alpha value is -4.09. The van der Waals surface area contributed by atoms with Crippen molar-refractivity contribution in [3.05, 3.63) is 81.6 Å². The van der Waals surface area contributed by atoms with Gasteiger partial charge in [0.05, 0.1) is 43.4 Å². The number of ether oxygens (including phenoxy) is 2. The van der Waals surface area contributed by atoms with E-state index >= 15 is 4.39 Å². The molecule has 0 saturated carbocycles. The second-order valence-corrected chi connectivity index (χ2v) is 10.0. The normalized spacial score (nSPS) is 14.1. The summed E-state index contributed by atoms with van der Waals surface area (Å²) in [5.41, 5.74) is 11.5. The van der Waals surface area contributed by atoms with E-state index in [2.05, 4.69) is 57.6 Å². The Balaban J connectivity index is 1.51. The molecule has 2 heterocycles. The van der Waals surface area contributed by atoms with Gasteiger partial charge in [0.25, 0.3) is 5.91 Å². The molecule has 11 heteroatoms. The number of halogens is 1. The topological polar surface area (TPSA) is 120 Å². The van der Waals surface area contributed by atoms with Crippen LogP contribution in [0.3, 0.4) is 0 Å². The van der Waals surface area contributed by atoms with E-state index < -0.39 is 11.7 Å². The number of fused-ring (bicyclic) bond motifs is 1. The zero-order valence-corrected chi connectivity index (χ0v) is 23.6. The van der Waals surface area contributed by atoms with Crippen molar-refractivity contribution in [2.45, 2.75) is 53.0 Å². The van der Waals surface area contributed by atoms with Gasteiger partial charge in [-0.1, -0.05) is 23.4 Å². The summed E-state index contributed by atoms with van der Waals surface area (Å²) in [6.45, 7) is 8.30. The van der Waals surface area contributed by atoms with Crippen LogP contribution in [0.5, 0.6) is 5.75 Å². The smallest absolute Gasteiger partial charge is 0.254 e. The van der Waals surface area contributed by atoms with Crippen LogP contribution in [0.4, 0.5) is 4.39 Å². The fraction of sp³-hybridized carbons (Fsp3) is 0.379. The van der Waals surface area contributed by atoms with Crippen molar-refractivity contribution in [1.82, 2.24) is 25.2 Å². The van der Waals surface area contributed by atoms with E-state index in [0.717, 1.165) is 18.7 Å². The van der Waals surface area contributed by atoms with E-state index in [9.17, 15) is 4.79 Å². The number of rotatable bonds is 11. The minimum Gasteiger partial charge on any atom is -0.494 e. The van der Waals surface area contributed by atoms with E-state index in [4.69, 9.17) is 15.2 Å². The van der Waals surface area contributed by atoms with Gasteiger partial charge in [-0.25, -0.2) is 9.07 Å². The van der Waals surface area contributed by atoms with Crippen LogP contribution in [0.2, 0.25) is 0 Å². The summed E-state index contributed by atoms with van der Waals surface area (Å²) in [5, 5.41) is 10.8. The van der Waals surface area contributed by atoms with E-state index in [1.807, 2.05) is 0 Å². The van der Waals surface area contributed by atoms with Crippen molar-refractivity contribution in [3.8, 4) is 11.4 Å². The third kappa shape index (κ3) is 6.54. The molecule has 1 aliphatic heterocycles. The molecule has 40 heavy (non-hydrogen) atoms. The summed E-state index contributed by atoms with van der Waals surface area (Å²) < 4.78 is 27.0. The number of hydrogen-bond acceptors (Lipinski definition) is 8. The van der Waals surface area contributed by atoms with Crippen molar-refractivity contribution >= 4 is 12.1 Å². The summed E-state index contributed by atoms with van der Waals surface area (Å²) in [6.07, 6.45) is 3.11. The fourth-order valence-corrected chi connectivity index (χ4v) is 4.56. The Morgan fingerprint density at radius 2 is 2.00 bits per heavy atom. The van der Waals surface area contributed by atoms with E-state index in [-0.39, 0.29) is 35.7 Å². The molecule has 0 atom stereocenters. The second-order valence-electron chi connectivity index (χ2n) is 10.0. The maximum absolute atomic E-state index is 15.3. The first-order valence-electron chi connectivity index (χ1n) is 13.1. The average Bonchev–Trinajstić information content (AvgIpc) is 3.56. The molecule has 0 bridgehead atoms. The number of nitrogens with two attached hydrogens (primary N) is 1. The lowest BCUT2D eigenvalue weighted by molar-refractivity contribution is -0.117. The fourth-order valence-electron chi connectivity index (χ4n) is 4.56. The van der Waals surface area contributed by atoms with Crippen molar-refractivity contribution in [2.75, 3.05) is 20.8 Å². The highest BCUT2D eigenvalue weighted by molar-refractivity contribution is 6.12. The Morgan fingerprint density at radius 1 is 1.23 bits per heavy atom. The summed E-state index contributed by atoms with van der Waals surface area (Å²) in [4.78, 5) is 20.2. The van der Waals surface area contributed by atoms with Gasteiger partial charge in [0.2, 0.25) is 0 Å². The molecule has 0 unspecified atom stereocenters. The number of carbonyl (C=O) groups excluding carboxylic acids is 1. The first-order chi connectivity index (χ1) is 19.2. The highest BCUT2D eigenvalue weighted by atomic mass is 19.1. The highest BCUT2D eigenvalue weighted by Gasteiger charge is 2.21. The van der Waals surface area contributed by atoms with Gasteiger partial charge in [-0.2, -0.15) is 0 Å². The molecule has 0 fully saturated rings. The molecule has 0 radical (unpaired) electrons. The van der Waals surface area contributed by atoms with Gasteiger partial charge < -0.3 is 20.5 Å². The van der Waals surface area contributed by atoms with E-state index in [1.54, 1.807) is 19.2 Å². The van der Waals surface area contributed by atoms with Gasteiger partial charge in [0, 0.05) is 50.3 Å². The molecule has 1 amide bonds. The van der Waals surface area contributed by atoms with Gasteiger partial charge in [-0.15, -0.1) is 5.10 Å². The van der Waals surface area contributed by atoms with Crippen LogP contribution in [0.15, 0.2) is 52.8 Å².